The van der Waals surface area contributed by atoms with E-state index in [2.05, 4.69) is 44.2 Å². The van der Waals surface area contributed by atoms with Crippen LogP contribution in [0.25, 0.3) is 0 Å². The van der Waals surface area contributed by atoms with Crippen molar-refractivity contribution in [2.45, 2.75) is 44.1 Å². The first kappa shape index (κ1) is 17.1. The van der Waals surface area contributed by atoms with Gasteiger partial charge in [-0.05, 0) is 30.9 Å². The fourth-order valence-corrected chi connectivity index (χ4v) is 4.15. The van der Waals surface area contributed by atoms with Crippen LogP contribution in [0.2, 0.25) is 0 Å². The quantitative estimate of drug-likeness (QED) is 0.867. The van der Waals surface area contributed by atoms with Crippen LogP contribution in [0.4, 0.5) is 0 Å². The predicted octanol–water partition coefficient (Wildman–Crippen LogP) is 4.65. The first-order chi connectivity index (χ1) is 12.1. The molecule has 3 rings (SSSR count). The number of nitrogens with zero attached hydrogens (tertiary/aromatic N) is 1. The highest BCUT2D eigenvalue weighted by molar-refractivity contribution is 5.59. The molecule has 2 N–H and O–H groups in total. The summed E-state index contributed by atoms with van der Waals surface area (Å²) in [6, 6.07) is 22.6. The summed E-state index contributed by atoms with van der Waals surface area (Å²) in [5.74, 6) is 0.244. The Morgan fingerprint density at radius 2 is 1.52 bits per heavy atom. The van der Waals surface area contributed by atoms with Gasteiger partial charge in [-0.15, -0.1) is 0 Å². The van der Waals surface area contributed by atoms with E-state index in [0.29, 0.717) is 5.57 Å². The van der Waals surface area contributed by atoms with Crippen LogP contribution in [0.1, 0.15) is 44.2 Å². The van der Waals surface area contributed by atoms with Gasteiger partial charge in [0, 0.05) is 0 Å². The van der Waals surface area contributed by atoms with Crippen molar-refractivity contribution < 1.29 is 4.74 Å². The zero-order valence-electron chi connectivity index (χ0n) is 14.8. The average Bonchev–Trinajstić information content (AvgIpc) is 2.88. The summed E-state index contributed by atoms with van der Waals surface area (Å²) in [7, 11) is 0. The molecule has 3 heteroatoms. The van der Waals surface area contributed by atoms with Gasteiger partial charge in [0.2, 0.25) is 0 Å². The third-order valence-electron chi connectivity index (χ3n) is 5.28. The van der Waals surface area contributed by atoms with Crippen molar-refractivity contribution in [3.63, 3.8) is 0 Å². The van der Waals surface area contributed by atoms with Gasteiger partial charge in [-0.1, -0.05) is 74.0 Å². The van der Waals surface area contributed by atoms with Gasteiger partial charge in [0.1, 0.15) is 17.2 Å². The molecule has 0 amide bonds. The van der Waals surface area contributed by atoms with E-state index in [1.165, 1.54) is 0 Å². The summed E-state index contributed by atoms with van der Waals surface area (Å²) >= 11 is 0. The van der Waals surface area contributed by atoms with Crippen LogP contribution in [0, 0.1) is 11.3 Å². The number of nitriles is 1. The third kappa shape index (κ3) is 2.49. The first-order valence-electron chi connectivity index (χ1n) is 8.80. The standard InChI is InChI=1S/C22H24N2O/c1-3-4-15-21(2)22(17-11-7-5-8-12-17,18-13-9-6-10-14-18)19(16-23)20(24)25-21/h5-14H,3-4,15,24H2,1-2H3. The minimum Gasteiger partial charge on any atom is -0.471 e. The second kappa shape index (κ2) is 6.64. The van der Waals surface area contributed by atoms with Gasteiger partial charge in [0.05, 0.1) is 5.41 Å². The molecule has 128 valence electrons. The highest BCUT2D eigenvalue weighted by atomic mass is 16.5. The monoisotopic (exact) mass is 332 g/mol. The maximum atomic E-state index is 9.98. The van der Waals surface area contributed by atoms with Crippen LogP contribution < -0.4 is 5.73 Å². The van der Waals surface area contributed by atoms with E-state index in [1.807, 2.05) is 36.4 Å². The van der Waals surface area contributed by atoms with E-state index < -0.39 is 11.0 Å². The second-order valence-electron chi connectivity index (χ2n) is 6.77. The predicted molar refractivity (Wildman–Crippen MR) is 99.5 cm³/mol. The third-order valence-corrected chi connectivity index (χ3v) is 5.28. The molecule has 0 radical (unpaired) electrons. The van der Waals surface area contributed by atoms with E-state index in [1.54, 1.807) is 0 Å². The lowest BCUT2D eigenvalue weighted by Gasteiger charge is -2.43. The highest BCUT2D eigenvalue weighted by Gasteiger charge is 2.60. The SMILES string of the molecule is CCCCC1(C)OC(N)=C(C#N)C1(c1ccccc1)c1ccccc1. The molecule has 3 nitrogen and oxygen atoms in total. The lowest BCUT2D eigenvalue weighted by molar-refractivity contribution is -0.00421. The Morgan fingerprint density at radius 1 is 1.00 bits per heavy atom. The number of ether oxygens (including phenoxy) is 1. The minimum absolute atomic E-state index is 0.244. The molecular weight excluding hydrogens is 308 g/mol. The molecule has 1 heterocycles. The molecule has 0 saturated heterocycles. The van der Waals surface area contributed by atoms with Gasteiger partial charge in [0.15, 0.2) is 5.88 Å². The molecule has 0 saturated carbocycles. The van der Waals surface area contributed by atoms with Gasteiger partial charge < -0.3 is 10.5 Å². The zero-order valence-corrected chi connectivity index (χ0v) is 14.8. The van der Waals surface area contributed by atoms with Crippen LogP contribution in [0.5, 0.6) is 0 Å². The van der Waals surface area contributed by atoms with Crippen LogP contribution >= 0.6 is 0 Å². The van der Waals surface area contributed by atoms with Gasteiger partial charge in [-0.25, -0.2) is 0 Å². The molecule has 1 aliphatic heterocycles. The number of benzene rings is 2. The molecule has 1 aliphatic rings. The van der Waals surface area contributed by atoms with E-state index in [-0.39, 0.29) is 5.88 Å². The first-order valence-corrected chi connectivity index (χ1v) is 8.80. The van der Waals surface area contributed by atoms with Gasteiger partial charge >= 0.3 is 0 Å². The topological polar surface area (TPSA) is 59.0 Å². The van der Waals surface area contributed by atoms with E-state index in [9.17, 15) is 5.26 Å². The van der Waals surface area contributed by atoms with Crippen LogP contribution in [-0.4, -0.2) is 5.60 Å². The molecule has 1 unspecified atom stereocenters. The average molecular weight is 332 g/mol. The Hall–Kier alpha value is -2.73. The fraction of sp³-hybridized carbons (Fsp3) is 0.318. The summed E-state index contributed by atoms with van der Waals surface area (Å²) < 4.78 is 6.21. The number of rotatable bonds is 5. The van der Waals surface area contributed by atoms with E-state index in [0.717, 1.165) is 30.4 Å². The highest BCUT2D eigenvalue weighted by Crippen LogP contribution is 2.56. The van der Waals surface area contributed by atoms with Crippen molar-refractivity contribution in [3.05, 3.63) is 83.2 Å². The second-order valence-corrected chi connectivity index (χ2v) is 6.77. The smallest absolute Gasteiger partial charge is 0.200 e. The normalized spacial score (nSPS) is 21.6. The molecule has 2 aromatic carbocycles. The summed E-state index contributed by atoms with van der Waals surface area (Å²) in [6.07, 6.45) is 2.88. The largest absolute Gasteiger partial charge is 0.471 e. The minimum atomic E-state index is -0.705. The molecule has 0 fully saturated rings. The molecule has 25 heavy (non-hydrogen) atoms. The number of unbranched alkanes of at least 4 members (excludes halogenated alkanes) is 1. The van der Waals surface area contributed by atoms with Crippen molar-refractivity contribution in [2.24, 2.45) is 5.73 Å². The maximum absolute atomic E-state index is 9.98. The molecule has 2 aromatic rings. The Kier molecular flexibility index (Phi) is 4.55. The number of hydrogen-bond donors (Lipinski definition) is 1. The van der Waals surface area contributed by atoms with Crippen molar-refractivity contribution in [1.29, 1.82) is 5.26 Å². The molecule has 0 aliphatic carbocycles. The lowest BCUT2D eigenvalue weighted by Crippen LogP contribution is -2.49. The molecule has 0 spiro atoms. The Balaban J connectivity index is 2.35. The Labute approximate surface area is 149 Å². The maximum Gasteiger partial charge on any atom is 0.200 e. The summed E-state index contributed by atoms with van der Waals surface area (Å²) in [5.41, 5.74) is 7.49. The fourth-order valence-electron chi connectivity index (χ4n) is 4.15. The Bertz CT molecular complexity index is 765. The van der Waals surface area contributed by atoms with Gasteiger partial charge in [-0.2, -0.15) is 5.26 Å². The van der Waals surface area contributed by atoms with Crippen LogP contribution in [0.3, 0.4) is 0 Å². The van der Waals surface area contributed by atoms with Crippen molar-refractivity contribution in [3.8, 4) is 6.07 Å². The van der Waals surface area contributed by atoms with Crippen LogP contribution in [0.15, 0.2) is 72.1 Å². The molecule has 0 aromatic heterocycles. The Morgan fingerprint density at radius 3 is 1.96 bits per heavy atom. The zero-order chi connectivity index (χ0) is 17.9. The summed E-state index contributed by atoms with van der Waals surface area (Å²) in [5, 5.41) is 9.98. The summed E-state index contributed by atoms with van der Waals surface area (Å²) in [4.78, 5) is 0. The van der Waals surface area contributed by atoms with Gasteiger partial charge in [-0.3, -0.25) is 0 Å². The van der Waals surface area contributed by atoms with Crippen molar-refractivity contribution in [1.82, 2.24) is 0 Å². The van der Waals surface area contributed by atoms with Crippen molar-refractivity contribution in [2.75, 3.05) is 0 Å². The number of nitrogens with two attached hydrogens (primary N) is 1. The molecular formula is C22H24N2O. The van der Waals surface area contributed by atoms with Crippen LogP contribution in [-0.2, 0) is 10.2 Å². The van der Waals surface area contributed by atoms with E-state index >= 15 is 0 Å². The van der Waals surface area contributed by atoms with Crippen molar-refractivity contribution >= 4 is 0 Å². The molecule has 0 bridgehead atoms. The van der Waals surface area contributed by atoms with E-state index in [4.69, 9.17) is 10.5 Å². The lowest BCUT2D eigenvalue weighted by atomic mass is 9.59. The van der Waals surface area contributed by atoms with Gasteiger partial charge in [0.25, 0.3) is 0 Å². The molecule has 1 atom stereocenters. The number of hydrogen-bond acceptors (Lipinski definition) is 3. The summed E-state index contributed by atoms with van der Waals surface area (Å²) in [6.45, 7) is 4.24.